The Labute approximate surface area is 133 Å². The fraction of sp³-hybridized carbons (Fsp3) is 0.200. The summed E-state index contributed by atoms with van der Waals surface area (Å²) in [5.74, 6) is 1.49. The summed E-state index contributed by atoms with van der Waals surface area (Å²) in [6, 6.07) is 8.94. The zero-order chi connectivity index (χ0) is 16.2. The third kappa shape index (κ3) is 3.37. The molecule has 118 valence electrons. The van der Waals surface area contributed by atoms with E-state index in [0.717, 1.165) is 11.5 Å². The number of rotatable bonds is 4. The van der Waals surface area contributed by atoms with Gasteiger partial charge in [0.15, 0.2) is 11.5 Å². The molecule has 3 rings (SSSR count). The Kier molecular flexibility index (Phi) is 4.05. The van der Waals surface area contributed by atoms with Crippen molar-refractivity contribution in [2.45, 2.75) is 6.54 Å². The molecule has 8 heteroatoms. The molecule has 0 saturated heterocycles. The summed E-state index contributed by atoms with van der Waals surface area (Å²) in [6.07, 6.45) is 3.47. The summed E-state index contributed by atoms with van der Waals surface area (Å²) in [5, 5.41) is 13.6. The third-order valence-corrected chi connectivity index (χ3v) is 3.26. The Bertz CT molecular complexity index is 810. The van der Waals surface area contributed by atoms with Gasteiger partial charge in [0.2, 0.25) is 0 Å². The molecule has 0 aliphatic rings. The predicted molar refractivity (Wildman–Crippen MR) is 87.4 cm³/mol. The van der Waals surface area contributed by atoms with Crippen molar-refractivity contribution < 1.29 is 4.79 Å². The highest BCUT2D eigenvalue weighted by Crippen LogP contribution is 2.11. The molecule has 3 aromatic heterocycles. The van der Waals surface area contributed by atoms with Crippen LogP contribution in [0, 0.1) is 0 Å². The minimum atomic E-state index is -0.322. The lowest BCUT2D eigenvalue weighted by molar-refractivity contribution is 0.251. The maximum atomic E-state index is 11.9. The van der Waals surface area contributed by atoms with Gasteiger partial charge in [-0.25, -0.2) is 9.78 Å². The second kappa shape index (κ2) is 6.30. The van der Waals surface area contributed by atoms with Crippen LogP contribution in [0.15, 0.2) is 42.7 Å². The predicted octanol–water partition coefficient (Wildman–Crippen LogP) is 1.51. The van der Waals surface area contributed by atoms with E-state index in [1.54, 1.807) is 12.3 Å². The quantitative estimate of drug-likeness (QED) is 0.762. The van der Waals surface area contributed by atoms with Gasteiger partial charge in [-0.2, -0.15) is 0 Å². The molecule has 2 N–H and O–H groups in total. The van der Waals surface area contributed by atoms with Gasteiger partial charge in [0.1, 0.15) is 5.82 Å². The van der Waals surface area contributed by atoms with E-state index in [1.165, 1.54) is 0 Å². The summed E-state index contributed by atoms with van der Waals surface area (Å²) >= 11 is 0. The Morgan fingerprint density at radius 3 is 2.83 bits per heavy atom. The van der Waals surface area contributed by atoms with Gasteiger partial charge < -0.3 is 15.5 Å². The molecule has 0 spiro atoms. The van der Waals surface area contributed by atoms with Crippen molar-refractivity contribution in [3.8, 4) is 0 Å². The summed E-state index contributed by atoms with van der Waals surface area (Å²) in [5.41, 5.74) is 1.37. The molecule has 0 fully saturated rings. The van der Waals surface area contributed by atoms with Gasteiger partial charge in [-0.05, 0) is 24.3 Å². The molecule has 23 heavy (non-hydrogen) atoms. The smallest absolute Gasteiger partial charge is 0.319 e. The minimum Gasteiger partial charge on any atom is -0.363 e. The summed E-state index contributed by atoms with van der Waals surface area (Å²) in [4.78, 5) is 18.1. The second-order valence-electron chi connectivity index (χ2n) is 5.15. The highest BCUT2D eigenvalue weighted by Gasteiger charge is 2.07. The van der Waals surface area contributed by atoms with Crippen LogP contribution in [0.3, 0.4) is 0 Å². The number of pyridine rings is 2. The first kappa shape index (κ1) is 14.8. The topological polar surface area (TPSA) is 87.5 Å². The van der Waals surface area contributed by atoms with Gasteiger partial charge in [-0.1, -0.05) is 6.07 Å². The van der Waals surface area contributed by atoms with Crippen molar-refractivity contribution >= 4 is 23.2 Å². The molecule has 0 saturated carbocycles. The summed E-state index contributed by atoms with van der Waals surface area (Å²) in [7, 11) is 3.82. The number of hydrogen-bond donors (Lipinski definition) is 2. The Balaban J connectivity index is 1.59. The summed E-state index contributed by atoms with van der Waals surface area (Å²) in [6.45, 7) is 0.278. The van der Waals surface area contributed by atoms with Crippen LogP contribution in [-0.4, -0.2) is 39.7 Å². The third-order valence-electron chi connectivity index (χ3n) is 3.26. The normalized spacial score (nSPS) is 10.5. The molecule has 0 aliphatic carbocycles. The molecule has 0 atom stereocenters. The molecule has 8 nitrogen and oxygen atoms in total. The Morgan fingerprint density at radius 1 is 1.22 bits per heavy atom. The molecule has 0 unspecified atom stereocenters. The number of fused-ring (bicyclic) bond motifs is 1. The molecule has 3 heterocycles. The fourth-order valence-electron chi connectivity index (χ4n) is 2.07. The largest absolute Gasteiger partial charge is 0.363 e. The minimum absolute atomic E-state index is 0.278. The van der Waals surface area contributed by atoms with Gasteiger partial charge in [-0.3, -0.25) is 4.40 Å². The van der Waals surface area contributed by atoms with Gasteiger partial charge in [0, 0.05) is 20.3 Å². The van der Waals surface area contributed by atoms with Crippen molar-refractivity contribution in [1.29, 1.82) is 0 Å². The van der Waals surface area contributed by atoms with E-state index < -0.39 is 0 Å². The summed E-state index contributed by atoms with van der Waals surface area (Å²) < 4.78 is 1.83. The second-order valence-corrected chi connectivity index (χ2v) is 5.15. The van der Waals surface area contributed by atoms with Crippen LogP contribution in [0.25, 0.3) is 5.65 Å². The van der Waals surface area contributed by atoms with Crippen molar-refractivity contribution in [3.05, 3.63) is 48.5 Å². The van der Waals surface area contributed by atoms with Crippen molar-refractivity contribution in [2.24, 2.45) is 0 Å². The van der Waals surface area contributed by atoms with Gasteiger partial charge >= 0.3 is 6.03 Å². The van der Waals surface area contributed by atoms with Gasteiger partial charge in [0.05, 0.1) is 18.4 Å². The van der Waals surface area contributed by atoms with Crippen molar-refractivity contribution in [1.82, 2.24) is 24.9 Å². The van der Waals surface area contributed by atoms with Crippen LogP contribution in [0.1, 0.15) is 5.82 Å². The number of carbonyl (C=O) groups excluding carboxylic acids is 1. The maximum Gasteiger partial charge on any atom is 0.319 e. The van der Waals surface area contributed by atoms with E-state index in [4.69, 9.17) is 0 Å². The van der Waals surface area contributed by atoms with E-state index in [-0.39, 0.29) is 12.6 Å². The zero-order valence-corrected chi connectivity index (χ0v) is 12.9. The van der Waals surface area contributed by atoms with Crippen LogP contribution in [0.4, 0.5) is 16.3 Å². The lowest BCUT2D eigenvalue weighted by Gasteiger charge is -2.12. The average molecular weight is 311 g/mol. The molecule has 0 aliphatic heterocycles. The number of amides is 2. The lowest BCUT2D eigenvalue weighted by atomic mass is 10.4. The number of aromatic nitrogens is 4. The van der Waals surface area contributed by atoms with E-state index in [0.29, 0.717) is 11.5 Å². The Hall–Kier alpha value is -3.16. The lowest BCUT2D eigenvalue weighted by Crippen LogP contribution is -2.29. The number of anilines is 2. The van der Waals surface area contributed by atoms with E-state index in [9.17, 15) is 4.79 Å². The first-order chi connectivity index (χ1) is 11.1. The van der Waals surface area contributed by atoms with Crippen LogP contribution in [-0.2, 0) is 6.54 Å². The number of nitrogens with zero attached hydrogens (tertiary/aromatic N) is 5. The molecule has 0 bridgehead atoms. The number of hydrogen-bond acceptors (Lipinski definition) is 5. The van der Waals surface area contributed by atoms with E-state index in [2.05, 4.69) is 25.8 Å². The van der Waals surface area contributed by atoms with Gasteiger partial charge in [-0.15, -0.1) is 10.2 Å². The van der Waals surface area contributed by atoms with Crippen LogP contribution in [0.2, 0.25) is 0 Å². The van der Waals surface area contributed by atoms with Crippen molar-refractivity contribution in [3.63, 3.8) is 0 Å². The SMILES string of the molecule is CN(C)c1ccc(NC(=O)NCc2nnc3ccccn23)cn1. The van der Waals surface area contributed by atoms with Crippen molar-refractivity contribution in [2.75, 3.05) is 24.3 Å². The Morgan fingerprint density at radius 2 is 2.09 bits per heavy atom. The zero-order valence-electron chi connectivity index (χ0n) is 12.9. The van der Waals surface area contributed by atoms with Crippen LogP contribution in [0.5, 0.6) is 0 Å². The number of nitrogens with one attached hydrogen (secondary N) is 2. The number of urea groups is 1. The number of carbonyl (C=O) groups is 1. The fourth-order valence-corrected chi connectivity index (χ4v) is 2.07. The van der Waals surface area contributed by atoms with Gasteiger partial charge in [0.25, 0.3) is 0 Å². The monoisotopic (exact) mass is 311 g/mol. The van der Waals surface area contributed by atoms with E-state index in [1.807, 2.05) is 53.9 Å². The molecule has 2 amide bonds. The molecule has 0 aromatic carbocycles. The van der Waals surface area contributed by atoms with Crippen LogP contribution >= 0.6 is 0 Å². The molecule has 3 aromatic rings. The van der Waals surface area contributed by atoms with E-state index >= 15 is 0 Å². The standard InChI is InChI=1S/C15H17N7O/c1-21(2)12-7-6-11(9-16-12)18-15(23)17-10-14-20-19-13-5-3-4-8-22(13)14/h3-9H,10H2,1-2H3,(H2,17,18,23). The maximum absolute atomic E-state index is 11.9. The molecular weight excluding hydrogens is 294 g/mol. The first-order valence-electron chi connectivity index (χ1n) is 7.10. The first-order valence-corrected chi connectivity index (χ1v) is 7.10. The molecular formula is C15H17N7O. The highest BCUT2D eigenvalue weighted by atomic mass is 16.2. The molecule has 0 radical (unpaired) electrons. The van der Waals surface area contributed by atoms with Crippen LogP contribution < -0.4 is 15.5 Å². The average Bonchev–Trinajstić information content (AvgIpc) is 2.97. The highest BCUT2D eigenvalue weighted by molar-refractivity contribution is 5.89.